The molecule has 1 fully saturated rings. The Bertz CT molecular complexity index is 545. The highest BCUT2D eigenvalue weighted by Gasteiger charge is 2.07. The molecule has 1 saturated carbocycles. The number of anilines is 1. The SMILES string of the molecule is COC(=O)c1ccc(NC(=S)NN=C2CCCCCC2)cc1. The molecule has 0 bridgehead atoms. The summed E-state index contributed by atoms with van der Waals surface area (Å²) in [6.07, 6.45) is 7.07. The minimum atomic E-state index is -0.355. The maximum atomic E-state index is 11.4. The van der Waals surface area contributed by atoms with Crippen LogP contribution in [0.2, 0.25) is 0 Å². The summed E-state index contributed by atoms with van der Waals surface area (Å²) in [5, 5.41) is 7.88. The summed E-state index contributed by atoms with van der Waals surface area (Å²) < 4.78 is 4.66. The molecule has 1 aliphatic carbocycles. The van der Waals surface area contributed by atoms with Crippen molar-refractivity contribution in [1.82, 2.24) is 5.43 Å². The number of carbonyl (C=O) groups excluding carboxylic acids is 1. The van der Waals surface area contributed by atoms with Crippen molar-refractivity contribution in [2.75, 3.05) is 12.4 Å². The van der Waals surface area contributed by atoms with E-state index in [9.17, 15) is 4.79 Å². The van der Waals surface area contributed by atoms with E-state index in [1.165, 1.54) is 38.5 Å². The van der Waals surface area contributed by atoms with Crippen LogP contribution in [0.25, 0.3) is 0 Å². The minimum absolute atomic E-state index is 0.355. The van der Waals surface area contributed by atoms with Crippen molar-refractivity contribution in [2.45, 2.75) is 38.5 Å². The molecule has 0 heterocycles. The first-order valence-electron chi connectivity index (χ1n) is 7.50. The van der Waals surface area contributed by atoms with Crippen LogP contribution in [0.15, 0.2) is 29.4 Å². The van der Waals surface area contributed by atoms with E-state index in [0.29, 0.717) is 10.7 Å². The standard InChI is InChI=1S/C16H21N3O2S/c1-21-15(20)12-8-10-13(11-9-12)17-16(22)19-18-14-6-4-2-3-5-7-14/h8-11H,2-7H2,1H3,(H2,17,19,22). The number of rotatable bonds is 3. The zero-order valence-corrected chi connectivity index (χ0v) is 13.5. The van der Waals surface area contributed by atoms with Gasteiger partial charge in [-0.2, -0.15) is 5.10 Å². The van der Waals surface area contributed by atoms with Crippen molar-refractivity contribution in [3.63, 3.8) is 0 Å². The molecule has 0 unspecified atom stereocenters. The Morgan fingerprint density at radius 3 is 2.36 bits per heavy atom. The number of carbonyl (C=O) groups is 1. The lowest BCUT2D eigenvalue weighted by Gasteiger charge is -2.09. The lowest BCUT2D eigenvalue weighted by molar-refractivity contribution is 0.0601. The van der Waals surface area contributed by atoms with Crippen molar-refractivity contribution in [3.05, 3.63) is 29.8 Å². The van der Waals surface area contributed by atoms with Crippen LogP contribution in [0.3, 0.4) is 0 Å². The molecule has 22 heavy (non-hydrogen) atoms. The third kappa shape index (κ3) is 5.11. The number of nitrogens with one attached hydrogen (secondary N) is 2. The molecule has 0 saturated heterocycles. The van der Waals surface area contributed by atoms with Gasteiger partial charge in [0.25, 0.3) is 0 Å². The summed E-state index contributed by atoms with van der Waals surface area (Å²) in [4.78, 5) is 11.4. The molecule has 0 aliphatic heterocycles. The zero-order chi connectivity index (χ0) is 15.8. The first-order chi connectivity index (χ1) is 10.7. The van der Waals surface area contributed by atoms with Crippen molar-refractivity contribution >= 4 is 34.7 Å². The van der Waals surface area contributed by atoms with Gasteiger partial charge in [0, 0.05) is 11.4 Å². The van der Waals surface area contributed by atoms with Crippen LogP contribution < -0.4 is 10.7 Å². The molecule has 1 aromatic carbocycles. The molecule has 0 atom stereocenters. The second-order valence-electron chi connectivity index (χ2n) is 5.23. The molecular formula is C16H21N3O2S. The van der Waals surface area contributed by atoms with E-state index in [2.05, 4.69) is 20.6 Å². The largest absolute Gasteiger partial charge is 0.465 e. The molecule has 0 spiro atoms. The minimum Gasteiger partial charge on any atom is -0.465 e. The Hall–Kier alpha value is -1.95. The maximum Gasteiger partial charge on any atom is 0.337 e. The average Bonchev–Trinajstić information content (AvgIpc) is 2.81. The molecule has 2 rings (SSSR count). The van der Waals surface area contributed by atoms with Crippen LogP contribution in [-0.4, -0.2) is 23.9 Å². The van der Waals surface area contributed by atoms with E-state index in [4.69, 9.17) is 12.2 Å². The summed E-state index contributed by atoms with van der Waals surface area (Å²) in [5.41, 5.74) is 5.38. The first kappa shape index (κ1) is 16.4. The van der Waals surface area contributed by atoms with Crippen molar-refractivity contribution < 1.29 is 9.53 Å². The number of hydrogen-bond donors (Lipinski definition) is 2. The average molecular weight is 319 g/mol. The van der Waals surface area contributed by atoms with E-state index in [0.717, 1.165) is 18.5 Å². The summed E-state index contributed by atoms with van der Waals surface area (Å²) in [6.45, 7) is 0. The monoisotopic (exact) mass is 319 g/mol. The van der Waals surface area contributed by atoms with Crippen LogP contribution in [0, 0.1) is 0 Å². The molecular weight excluding hydrogens is 298 g/mol. The van der Waals surface area contributed by atoms with Crippen LogP contribution in [0.4, 0.5) is 5.69 Å². The van der Waals surface area contributed by atoms with Crippen molar-refractivity contribution in [3.8, 4) is 0 Å². The number of nitrogens with zero attached hydrogens (tertiary/aromatic N) is 1. The number of ether oxygens (including phenoxy) is 1. The Kier molecular flexibility index (Phi) is 6.33. The fourth-order valence-corrected chi connectivity index (χ4v) is 2.51. The second kappa shape index (κ2) is 8.48. The van der Waals surface area contributed by atoms with Gasteiger partial charge in [-0.25, -0.2) is 4.79 Å². The fourth-order valence-electron chi connectivity index (χ4n) is 2.34. The van der Waals surface area contributed by atoms with Gasteiger partial charge >= 0.3 is 5.97 Å². The van der Waals surface area contributed by atoms with Gasteiger partial charge in [0.1, 0.15) is 0 Å². The molecule has 1 aromatic rings. The third-order valence-electron chi connectivity index (χ3n) is 3.56. The quantitative estimate of drug-likeness (QED) is 0.386. The van der Waals surface area contributed by atoms with Gasteiger partial charge in [-0.1, -0.05) is 12.8 Å². The van der Waals surface area contributed by atoms with E-state index in [-0.39, 0.29) is 5.97 Å². The summed E-state index contributed by atoms with van der Waals surface area (Å²) in [7, 11) is 1.36. The number of hydrazone groups is 1. The number of methoxy groups -OCH3 is 1. The van der Waals surface area contributed by atoms with Crippen LogP contribution >= 0.6 is 12.2 Å². The second-order valence-corrected chi connectivity index (χ2v) is 5.64. The van der Waals surface area contributed by atoms with Gasteiger partial charge in [0.2, 0.25) is 0 Å². The number of benzene rings is 1. The summed E-state index contributed by atoms with van der Waals surface area (Å²) in [6, 6.07) is 6.93. The van der Waals surface area contributed by atoms with Crippen LogP contribution in [0.5, 0.6) is 0 Å². The smallest absolute Gasteiger partial charge is 0.337 e. The Labute approximate surface area is 136 Å². The molecule has 2 N–H and O–H groups in total. The Balaban J connectivity index is 1.86. The highest BCUT2D eigenvalue weighted by atomic mass is 32.1. The zero-order valence-electron chi connectivity index (χ0n) is 12.7. The van der Waals surface area contributed by atoms with Gasteiger partial charge in [0.05, 0.1) is 12.7 Å². The number of esters is 1. The molecule has 1 aliphatic rings. The van der Waals surface area contributed by atoms with E-state index < -0.39 is 0 Å². The van der Waals surface area contributed by atoms with E-state index in [1.54, 1.807) is 24.3 Å². The molecule has 5 nitrogen and oxygen atoms in total. The topological polar surface area (TPSA) is 62.7 Å². The molecule has 0 radical (unpaired) electrons. The fraction of sp³-hybridized carbons (Fsp3) is 0.438. The predicted octanol–water partition coefficient (Wildman–Crippen LogP) is 3.47. The molecule has 6 heteroatoms. The van der Waals surface area contributed by atoms with E-state index in [1.807, 2.05) is 0 Å². The predicted molar refractivity (Wildman–Crippen MR) is 92.3 cm³/mol. The van der Waals surface area contributed by atoms with Gasteiger partial charge < -0.3 is 10.1 Å². The lowest BCUT2D eigenvalue weighted by atomic mass is 10.2. The molecule has 118 valence electrons. The van der Waals surface area contributed by atoms with Crippen LogP contribution in [0.1, 0.15) is 48.9 Å². The normalized spacial score (nSPS) is 14.7. The number of thiocarbonyl (C=S) groups is 1. The highest BCUT2D eigenvalue weighted by Crippen LogP contribution is 2.14. The first-order valence-corrected chi connectivity index (χ1v) is 7.90. The molecule has 0 amide bonds. The highest BCUT2D eigenvalue weighted by molar-refractivity contribution is 7.80. The lowest BCUT2D eigenvalue weighted by Crippen LogP contribution is -2.25. The summed E-state index contributed by atoms with van der Waals surface area (Å²) in [5.74, 6) is -0.355. The van der Waals surface area contributed by atoms with Gasteiger partial charge in [-0.05, 0) is 62.2 Å². The van der Waals surface area contributed by atoms with Crippen molar-refractivity contribution in [1.29, 1.82) is 0 Å². The number of hydrogen-bond acceptors (Lipinski definition) is 4. The Morgan fingerprint density at radius 1 is 1.14 bits per heavy atom. The molecule has 0 aromatic heterocycles. The third-order valence-corrected chi connectivity index (χ3v) is 3.75. The van der Waals surface area contributed by atoms with E-state index >= 15 is 0 Å². The Morgan fingerprint density at radius 2 is 1.77 bits per heavy atom. The van der Waals surface area contributed by atoms with Gasteiger partial charge in [-0.15, -0.1) is 0 Å². The van der Waals surface area contributed by atoms with Gasteiger partial charge in [-0.3, -0.25) is 5.43 Å². The summed E-state index contributed by atoms with van der Waals surface area (Å²) >= 11 is 5.22. The van der Waals surface area contributed by atoms with Gasteiger partial charge in [0.15, 0.2) is 5.11 Å². The van der Waals surface area contributed by atoms with Crippen LogP contribution in [-0.2, 0) is 4.74 Å². The van der Waals surface area contributed by atoms with Crippen molar-refractivity contribution in [2.24, 2.45) is 5.10 Å². The maximum absolute atomic E-state index is 11.4.